The minimum atomic E-state index is -3.61. The first-order valence-corrected chi connectivity index (χ1v) is 7.24. The second-order valence-corrected chi connectivity index (χ2v) is 5.85. The minimum absolute atomic E-state index is 0.0641. The van der Waals surface area contributed by atoms with E-state index >= 15 is 0 Å². The summed E-state index contributed by atoms with van der Waals surface area (Å²) in [4.78, 5) is 7.76. The van der Waals surface area contributed by atoms with E-state index in [1.807, 2.05) is 0 Å². The minimum Gasteiger partial charge on any atom is -0.339 e. The summed E-state index contributed by atoms with van der Waals surface area (Å²) < 4.78 is 31.1. The first-order chi connectivity index (χ1) is 8.97. The fourth-order valence-electron chi connectivity index (χ4n) is 1.37. The topological polar surface area (TPSA) is 98.0 Å². The summed E-state index contributed by atoms with van der Waals surface area (Å²) in [6.45, 7) is 1.85. The maximum atomic E-state index is 11.9. The van der Waals surface area contributed by atoms with E-state index in [2.05, 4.69) is 19.8 Å². The van der Waals surface area contributed by atoms with Gasteiger partial charge in [-0.3, -0.25) is 0 Å². The predicted molar refractivity (Wildman–Crippen MR) is 67.2 cm³/mol. The van der Waals surface area contributed by atoms with E-state index in [4.69, 9.17) is 16.1 Å². The van der Waals surface area contributed by atoms with Crippen LogP contribution in [0.2, 0.25) is 5.15 Å². The molecular formula is C10H11ClN4O3S. The molecule has 2 aromatic rings. The van der Waals surface area contributed by atoms with Crippen molar-refractivity contribution in [1.29, 1.82) is 0 Å². The van der Waals surface area contributed by atoms with Gasteiger partial charge in [0.15, 0.2) is 5.82 Å². The molecule has 0 amide bonds. The molecule has 2 rings (SSSR count). The van der Waals surface area contributed by atoms with E-state index < -0.39 is 10.0 Å². The zero-order chi connectivity index (χ0) is 13.9. The van der Waals surface area contributed by atoms with Gasteiger partial charge in [0.05, 0.1) is 4.90 Å². The number of sulfonamides is 1. The van der Waals surface area contributed by atoms with Crippen molar-refractivity contribution in [2.75, 3.05) is 6.54 Å². The van der Waals surface area contributed by atoms with Crippen LogP contribution in [0.15, 0.2) is 27.7 Å². The quantitative estimate of drug-likeness (QED) is 0.826. The van der Waals surface area contributed by atoms with Crippen LogP contribution in [-0.2, 0) is 16.4 Å². The summed E-state index contributed by atoms with van der Waals surface area (Å²) >= 11 is 5.65. The maximum absolute atomic E-state index is 11.9. The fourth-order valence-corrected chi connectivity index (χ4v) is 2.65. The van der Waals surface area contributed by atoms with Gasteiger partial charge < -0.3 is 4.52 Å². The van der Waals surface area contributed by atoms with E-state index in [0.29, 0.717) is 18.1 Å². The Balaban J connectivity index is 1.98. The molecule has 0 aliphatic carbocycles. The number of hydrogen-bond acceptors (Lipinski definition) is 6. The van der Waals surface area contributed by atoms with Crippen molar-refractivity contribution in [1.82, 2.24) is 19.8 Å². The Hall–Kier alpha value is -1.51. The number of nitrogens with zero attached hydrogens (tertiary/aromatic N) is 3. The lowest BCUT2D eigenvalue weighted by Gasteiger charge is -2.05. The summed E-state index contributed by atoms with van der Waals surface area (Å²) in [5.41, 5.74) is 0. The summed E-state index contributed by atoms with van der Waals surface area (Å²) in [6.07, 6.45) is 1.65. The maximum Gasteiger partial charge on any atom is 0.240 e. The molecule has 0 spiro atoms. The van der Waals surface area contributed by atoms with E-state index in [0.717, 1.165) is 0 Å². The van der Waals surface area contributed by atoms with Crippen molar-refractivity contribution in [2.24, 2.45) is 0 Å². The largest absolute Gasteiger partial charge is 0.339 e. The van der Waals surface area contributed by atoms with Crippen LogP contribution in [0.3, 0.4) is 0 Å². The molecule has 0 aromatic carbocycles. The van der Waals surface area contributed by atoms with Crippen LogP contribution in [-0.4, -0.2) is 30.1 Å². The molecule has 2 heterocycles. The third-order valence-electron chi connectivity index (χ3n) is 2.21. The lowest BCUT2D eigenvalue weighted by Crippen LogP contribution is -2.26. The van der Waals surface area contributed by atoms with E-state index in [1.54, 1.807) is 6.92 Å². The predicted octanol–water partition coefficient (Wildman–Crippen LogP) is 0.947. The Labute approximate surface area is 115 Å². The number of pyridine rings is 1. The first kappa shape index (κ1) is 13.9. The van der Waals surface area contributed by atoms with Gasteiger partial charge in [0.2, 0.25) is 15.9 Å². The van der Waals surface area contributed by atoms with Crippen molar-refractivity contribution in [3.8, 4) is 0 Å². The Bertz CT molecular complexity index is 671. The van der Waals surface area contributed by atoms with Gasteiger partial charge in [-0.1, -0.05) is 16.8 Å². The van der Waals surface area contributed by atoms with Crippen LogP contribution in [0.5, 0.6) is 0 Å². The molecule has 0 saturated heterocycles. The number of nitrogens with one attached hydrogen (secondary N) is 1. The van der Waals surface area contributed by atoms with Crippen LogP contribution in [0, 0.1) is 6.92 Å². The zero-order valence-electron chi connectivity index (χ0n) is 10.00. The summed E-state index contributed by atoms with van der Waals surface area (Å²) in [5.74, 6) is 0.895. The third kappa shape index (κ3) is 3.72. The normalized spacial score (nSPS) is 11.7. The summed E-state index contributed by atoms with van der Waals surface area (Å²) in [7, 11) is -3.61. The molecule has 102 valence electrons. The van der Waals surface area contributed by atoms with Crippen LogP contribution < -0.4 is 4.72 Å². The summed E-state index contributed by atoms with van der Waals surface area (Å²) in [5, 5.41) is 3.73. The molecule has 0 unspecified atom stereocenters. The zero-order valence-corrected chi connectivity index (χ0v) is 11.6. The lowest BCUT2D eigenvalue weighted by atomic mass is 10.4. The number of aromatic nitrogens is 3. The van der Waals surface area contributed by atoms with Crippen LogP contribution in [0.4, 0.5) is 0 Å². The number of hydrogen-bond donors (Lipinski definition) is 1. The highest BCUT2D eigenvalue weighted by molar-refractivity contribution is 7.89. The van der Waals surface area contributed by atoms with Crippen molar-refractivity contribution in [3.63, 3.8) is 0 Å². The highest BCUT2D eigenvalue weighted by atomic mass is 35.5. The van der Waals surface area contributed by atoms with Gasteiger partial charge in [-0.2, -0.15) is 4.98 Å². The molecule has 0 atom stereocenters. The van der Waals surface area contributed by atoms with E-state index in [9.17, 15) is 8.42 Å². The van der Waals surface area contributed by atoms with Crippen LogP contribution >= 0.6 is 11.6 Å². The van der Waals surface area contributed by atoms with Gasteiger partial charge in [0.1, 0.15) is 5.15 Å². The first-order valence-electron chi connectivity index (χ1n) is 5.38. The Kier molecular flexibility index (Phi) is 4.13. The fraction of sp³-hybridized carbons (Fsp3) is 0.300. The molecule has 0 radical (unpaired) electrons. The molecule has 2 aromatic heterocycles. The standard InChI is InChI=1S/C10H11ClN4O3S/c1-7-14-10(18-15-7)3-5-13-19(16,17)8-2-4-12-9(11)6-8/h2,4,6,13H,3,5H2,1H3. The van der Waals surface area contributed by atoms with Crippen molar-refractivity contribution >= 4 is 21.6 Å². The van der Waals surface area contributed by atoms with Gasteiger partial charge in [-0.25, -0.2) is 18.1 Å². The molecule has 9 heteroatoms. The molecule has 1 N–H and O–H groups in total. The average molecular weight is 303 g/mol. The molecule has 0 bridgehead atoms. The van der Waals surface area contributed by atoms with Gasteiger partial charge in [-0.05, 0) is 19.1 Å². The highest BCUT2D eigenvalue weighted by Gasteiger charge is 2.14. The van der Waals surface area contributed by atoms with E-state index in [-0.39, 0.29) is 16.6 Å². The molecule has 0 fully saturated rings. The smallest absolute Gasteiger partial charge is 0.240 e. The Morgan fingerprint density at radius 2 is 2.26 bits per heavy atom. The monoisotopic (exact) mass is 302 g/mol. The SMILES string of the molecule is Cc1noc(CCNS(=O)(=O)c2ccnc(Cl)c2)n1. The van der Waals surface area contributed by atoms with Crippen molar-refractivity contribution in [2.45, 2.75) is 18.2 Å². The lowest BCUT2D eigenvalue weighted by molar-refractivity contribution is 0.375. The molecular weight excluding hydrogens is 292 g/mol. The van der Waals surface area contributed by atoms with Gasteiger partial charge in [0, 0.05) is 19.2 Å². The summed E-state index contributed by atoms with van der Waals surface area (Å²) in [6, 6.07) is 2.64. The second-order valence-electron chi connectivity index (χ2n) is 3.70. The Morgan fingerprint density at radius 3 is 2.89 bits per heavy atom. The number of rotatable bonds is 5. The second kappa shape index (κ2) is 5.64. The van der Waals surface area contributed by atoms with E-state index in [1.165, 1.54) is 18.3 Å². The third-order valence-corrected chi connectivity index (χ3v) is 3.87. The van der Waals surface area contributed by atoms with Crippen molar-refractivity contribution < 1.29 is 12.9 Å². The molecule has 0 saturated carbocycles. The Morgan fingerprint density at radius 1 is 1.47 bits per heavy atom. The van der Waals surface area contributed by atoms with Crippen LogP contribution in [0.1, 0.15) is 11.7 Å². The van der Waals surface area contributed by atoms with Gasteiger partial charge in [-0.15, -0.1) is 0 Å². The number of halogens is 1. The average Bonchev–Trinajstić information content (AvgIpc) is 2.75. The number of aryl methyl sites for hydroxylation is 1. The van der Waals surface area contributed by atoms with Crippen LogP contribution in [0.25, 0.3) is 0 Å². The van der Waals surface area contributed by atoms with Gasteiger partial charge >= 0.3 is 0 Å². The molecule has 0 aliphatic rings. The molecule has 19 heavy (non-hydrogen) atoms. The van der Waals surface area contributed by atoms with Crippen molar-refractivity contribution in [3.05, 3.63) is 35.2 Å². The molecule has 0 aliphatic heterocycles. The highest BCUT2D eigenvalue weighted by Crippen LogP contribution is 2.12. The molecule has 7 nitrogen and oxygen atoms in total. The van der Waals surface area contributed by atoms with Gasteiger partial charge in [0.25, 0.3) is 0 Å².